The normalized spacial score (nSPS) is 32.3. The van der Waals surface area contributed by atoms with E-state index in [4.69, 9.17) is 4.74 Å². The first-order valence-corrected chi connectivity index (χ1v) is 7.36. The van der Waals surface area contributed by atoms with Crippen LogP contribution >= 0.6 is 0 Å². The van der Waals surface area contributed by atoms with Gasteiger partial charge in [-0.05, 0) is 38.3 Å². The first kappa shape index (κ1) is 13.4. The number of hydrogen-bond acceptors (Lipinski definition) is 3. The van der Waals surface area contributed by atoms with Crippen molar-refractivity contribution in [3.8, 4) is 0 Å². The Bertz CT molecular complexity index is 517. The summed E-state index contributed by atoms with van der Waals surface area (Å²) < 4.78 is 5.60. The molecule has 2 aliphatic rings. The molecular weight excluding hydrogens is 252 g/mol. The molecule has 20 heavy (non-hydrogen) atoms. The molecule has 3 unspecified atom stereocenters. The lowest BCUT2D eigenvalue weighted by molar-refractivity contribution is -0.125. The first-order valence-electron chi connectivity index (χ1n) is 7.36. The number of anilines is 1. The quantitative estimate of drug-likeness (QED) is 0.870. The lowest BCUT2D eigenvalue weighted by Crippen LogP contribution is -2.52. The van der Waals surface area contributed by atoms with Crippen molar-refractivity contribution < 1.29 is 9.53 Å². The van der Waals surface area contributed by atoms with E-state index in [1.807, 2.05) is 31.2 Å². The molecule has 1 aromatic rings. The van der Waals surface area contributed by atoms with Crippen molar-refractivity contribution in [1.29, 1.82) is 0 Å². The highest BCUT2D eigenvalue weighted by Gasteiger charge is 2.40. The third-order valence-corrected chi connectivity index (χ3v) is 4.70. The number of nitrogens with one attached hydrogen (secondary N) is 2. The second-order valence-electron chi connectivity index (χ2n) is 6.03. The number of amides is 1. The smallest absolute Gasteiger partial charge is 0.228 e. The fourth-order valence-corrected chi connectivity index (χ4v) is 3.11. The van der Waals surface area contributed by atoms with E-state index in [0.29, 0.717) is 0 Å². The third kappa shape index (κ3) is 2.29. The standard InChI is InChI=1S/C16H22N2O2/c1-11-16(2,8-10-20-11)18-15(19)13-7-9-17-14-6-4-3-5-12(13)14/h3-6,11,13,17H,7-10H2,1-2H3,(H,18,19). The van der Waals surface area contributed by atoms with E-state index < -0.39 is 0 Å². The molecule has 0 saturated carbocycles. The van der Waals surface area contributed by atoms with E-state index in [2.05, 4.69) is 17.6 Å². The Morgan fingerprint density at radius 1 is 1.45 bits per heavy atom. The third-order valence-electron chi connectivity index (χ3n) is 4.70. The van der Waals surface area contributed by atoms with Crippen LogP contribution in [0, 0.1) is 0 Å². The molecule has 0 spiro atoms. The molecule has 0 aliphatic carbocycles. The topological polar surface area (TPSA) is 50.4 Å². The van der Waals surface area contributed by atoms with Gasteiger partial charge in [0.15, 0.2) is 0 Å². The van der Waals surface area contributed by atoms with Gasteiger partial charge in [0.2, 0.25) is 5.91 Å². The molecule has 2 N–H and O–H groups in total. The molecule has 1 fully saturated rings. The molecule has 0 bridgehead atoms. The Kier molecular flexibility index (Phi) is 3.42. The Balaban J connectivity index is 1.79. The molecule has 1 amide bonds. The molecule has 1 aromatic carbocycles. The zero-order valence-electron chi connectivity index (χ0n) is 12.1. The van der Waals surface area contributed by atoms with Gasteiger partial charge in [-0.15, -0.1) is 0 Å². The van der Waals surface area contributed by atoms with Crippen molar-refractivity contribution in [3.63, 3.8) is 0 Å². The molecule has 4 heteroatoms. The summed E-state index contributed by atoms with van der Waals surface area (Å²) in [5.41, 5.74) is 1.95. The van der Waals surface area contributed by atoms with Crippen LogP contribution in [0.25, 0.3) is 0 Å². The summed E-state index contributed by atoms with van der Waals surface area (Å²) in [5, 5.41) is 6.58. The minimum atomic E-state index is -0.239. The van der Waals surface area contributed by atoms with Crippen LogP contribution in [-0.4, -0.2) is 30.7 Å². The van der Waals surface area contributed by atoms with Gasteiger partial charge >= 0.3 is 0 Å². The number of carbonyl (C=O) groups excluding carboxylic acids is 1. The number of fused-ring (bicyclic) bond motifs is 1. The van der Waals surface area contributed by atoms with Crippen molar-refractivity contribution in [2.24, 2.45) is 0 Å². The van der Waals surface area contributed by atoms with Crippen LogP contribution in [-0.2, 0) is 9.53 Å². The van der Waals surface area contributed by atoms with E-state index in [1.165, 1.54) is 0 Å². The summed E-state index contributed by atoms with van der Waals surface area (Å²) in [6.45, 7) is 5.68. The summed E-state index contributed by atoms with van der Waals surface area (Å²) in [6.07, 6.45) is 1.80. The van der Waals surface area contributed by atoms with Crippen molar-refractivity contribution in [1.82, 2.24) is 5.32 Å². The van der Waals surface area contributed by atoms with Gasteiger partial charge in [-0.1, -0.05) is 18.2 Å². The zero-order chi connectivity index (χ0) is 14.2. The van der Waals surface area contributed by atoms with E-state index in [9.17, 15) is 4.79 Å². The van der Waals surface area contributed by atoms with Crippen LogP contribution in [0.15, 0.2) is 24.3 Å². The zero-order valence-corrected chi connectivity index (χ0v) is 12.1. The Labute approximate surface area is 119 Å². The van der Waals surface area contributed by atoms with Crippen LogP contribution in [0.2, 0.25) is 0 Å². The number of ether oxygens (including phenoxy) is 1. The van der Waals surface area contributed by atoms with Crippen LogP contribution in [0.3, 0.4) is 0 Å². The molecule has 2 aliphatic heterocycles. The van der Waals surface area contributed by atoms with Gasteiger partial charge in [0, 0.05) is 18.8 Å². The Morgan fingerprint density at radius 2 is 2.25 bits per heavy atom. The molecule has 0 aromatic heterocycles. The maximum absolute atomic E-state index is 12.7. The number of benzene rings is 1. The minimum absolute atomic E-state index is 0.0583. The monoisotopic (exact) mass is 274 g/mol. The fourth-order valence-electron chi connectivity index (χ4n) is 3.11. The van der Waals surface area contributed by atoms with Gasteiger partial charge in [-0.3, -0.25) is 4.79 Å². The van der Waals surface area contributed by atoms with E-state index in [-0.39, 0.29) is 23.5 Å². The van der Waals surface area contributed by atoms with Crippen molar-refractivity contribution in [3.05, 3.63) is 29.8 Å². The van der Waals surface area contributed by atoms with Crippen molar-refractivity contribution in [2.75, 3.05) is 18.5 Å². The minimum Gasteiger partial charge on any atom is -0.385 e. The maximum atomic E-state index is 12.7. The highest BCUT2D eigenvalue weighted by Crippen LogP contribution is 2.33. The molecule has 2 heterocycles. The molecule has 0 radical (unpaired) electrons. The van der Waals surface area contributed by atoms with Gasteiger partial charge in [0.25, 0.3) is 0 Å². The summed E-state index contributed by atoms with van der Waals surface area (Å²) in [6, 6.07) is 8.08. The van der Waals surface area contributed by atoms with Gasteiger partial charge < -0.3 is 15.4 Å². The molecule has 3 rings (SSSR count). The number of carbonyl (C=O) groups is 1. The lowest BCUT2D eigenvalue weighted by atomic mass is 9.88. The van der Waals surface area contributed by atoms with Crippen LogP contribution < -0.4 is 10.6 Å². The number of para-hydroxylation sites is 1. The SMILES string of the molecule is CC1OCCC1(C)NC(=O)C1CCNc2ccccc21. The van der Waals surface area contributed by atoms with E-state index in [0.717, 1.165) is 37.2 Å². The fraction of sp³-hybridized carbons (Fsp3) is 0.562. The van der Waals surface area contributed by atoms with E-state index in [1.54, 1.807) is 0 Å². The van der Waals surface area contributed by atoms with Gasteiger partial charge in [0.05, 0.1) is 17.6 Å². The Hall–Kier alpha value is -1.55. The van der Waals surface area contributed by atoms with Crippen LogP contribution in [0.4, 0.5) is 5.69 Å². The van der Waals surface area contributed by atoms with Gasteiger partial charge in [-0.2, -0.15) is 0 Å². The highest BCUT2D eigenvalue weighted by atomic mass is 16.5. The predicted octanol–water partition coefficient (Wildman–Crippen LogP) is 2.27. The summed E-state index contributed by atoms with van der Waals surface area (Å²) in [4.78, 5) is 12.7. The predicted molar refractivity (Wildman–Crippen MR) is 78.9 cm³/mol. The van der Waals surface area contributed by atoms with Crippen molar-refractivity contribution in [2.45, 2.75) is 44.2 Å². The molecule has 108 valence electrons. The average Bonchev–Trinajstić information content (AvgIpc) is 2.77. The second kappa shape index (κ2) is 5.09. The van der Waals surface area contributed by atoms with Crippen LogP contribution in [0.5, 0.6) is 0 Å². The summed E-state index contributed by atoms with van der Waals surface area (Å²) in [7, 11) is 0. The molecule has 3 atom stereocenters. The largest absolute Gasteiger partial charge is 0.385 e. The highest BCUT2D eigenvalue weighted by molar-refractivity contribution is 5.87. The number of rotatable bonds is 2. The molecule has 1 saturated heterocycles. The first-order chi connectivity index (χ1) is 9.60. The van der Waals surface area contributed by atoms with Crippen molar-refractivity contribution >= 4 is 11.6 Å². The average molecular weight is 274 g/mol. The number of hydrogen-bond donors (Lipinski definition) is 2. The van der Waals surface area contributed by atoms with E-state index >= 15 is 0 Å². The molecular formula is C16H22N2O2. The van der Waals surface area contributed by atoms with Gasteiger partial charge in [-0.25, -0.2) is 0 Å². The van der Waals surface area contributed by atoms with Crippen LogP contribution in [0.1, 0.15) is 38.2 Å². The molecule has 4 nitrogen and oxygen atoms in total. The second-order valence-corrected chi connectivity index (χ2v) is 6.03. The van der Waals surface area contributed by atoms with Gasteiger partial charge in [0.1, 0.15) is 0 Å². The Morgan fingerprint density at radius 3 is 3.00 bits per heavy atom. The summed E-state index contributed by atoms with van der Waals surface area (Å²) in [5.74, 6) is 0.0656. The lowest BCUT2D eigenvalue weighted by Gasteiger charge is -2.33. The summed E-state index contributed by atoms with van der Waals surface area (Å²) >= 11 is 0. The maximum Gasteiger partial charge on any atom is 0.228 e.